The third-order valence-electron chi connectivity index (χ3n) is 8.56. The normalized spacial score (nSPS) is 21.6. The third-order valence-corrected chi connectivity index (χ3v) is 10.7. The molecule has 2 N–H and O–H groups in total. The molecule has 13 nitrogen and oxygen atoms in total. The monoisotopic (exact) mass is 732 g/mol. The van der Waals surface area contributed by atoms with Gasteiger partial charge in [-0.05, 0) is 59.2 Å². The molecule has 1 saturated heterocycles. The molecule has 3 unspecified atom stereocenters. The predicted molar refractivity (Wildman–Crippen MR) is 197 cm³/mol. The van der Waals surface area contributed by atoms with Gasteiger partial charge in [0, 0.05) is 54.9 Å². The van der Waals surface area contributed by atoms with Crippen LogP contribution in [0, 0.1) is 25.3 Å². The van der Waals surface area contributed by atoms with E-state index in [4.69, 9.17) is 31.2 Å². The number of nitrogens with one attached hydrogen (secondary N) is 2. The van der Waals surface area contributed by atoms with Crippen molar-refractivity contribution in [3.63, 3.8) is 0 Å². The van der Waals surface area contributed by atoms with E-state index in [0.717, 1.165) is 22.3 Å². The van der Waals surface area contributed by atoms with Crippen molar-refractivity contribution in [2.75, 3.05) is 26.3 Å². The zero-order chi connectivity index (χ0) is 38.1. The van der Waals surface area contributed by atoms with Crippen molar-refractivity contribution < 1.29 is 29.4 Å². The molecule has 2 heterocycles. The summed E-state index contributed by atoms with van der Waals surface area (Å²) in [7, 11) is -1.77. The van der Waals surface area contributed by atoms with Gasteiger partial charge < -0.3 is 33.4 Å². The Morgan fingerprint density at radius 3 is 2.56 bits per heavy atom. The lowest BCUT2D eigenvalue weighted by molar-refractivity contribution is -0.0673. The number of aromatic nitrogens is 2. The van der Waals surface area contributed by atoms with Gasteiger partial charge >= 0.3 is 11.8 Å². The molecular formula is C38H46N5O8P. The van der Waals surface area contributed by atoms with Crippen molar-refractivity contribution in [2.24, 2.45) is 0 Å². The van der Waals surface area contributed by atoms with Crippen molar-refractivity contribution in [3.05, 3.63) is 115 Å². The standard InChI is InChI=1S/C38H46N5O8P/c1-24(2)43(25(3)4)52(48-21-18-39-7)51-33-27(6)49-36(42-23-26(5)35(44)41-37(42)45)34(33)47-20-19-40-38(46)50-32-22-30-14-9-8-12-28(30)16-17-29-13-10-11-15-31(29)32/h8-15,23-25,27,32-34,36H,18-22H2,1-6H3,(H,40,46)(H,41,44,45)/t27-,32?,33+,34?,36-,52?/m1/s1/i6D. The van der Waals surface area contributed by atoms with Gasteiger partial charge in [-0.3, -0.25) is 14.3 Å². The molecule has 276 valence electrons. The number of rotatable bonds is 14. The zero-order valence-electron chi connectivity index (χ0n) is 31.0. The lowest BCUT2D eigenvalue weighted by atomic mass is 9.92. The topological polar surface area (TPSA) is 138 Å². The maximum absolute atomic E-state index is 13.2. The Morgan fingerprint density at radius 2 is 1.83 bits per heavy atom. The van der Waals surface area contributed by atoms with Crippen molar-refractivity contribution in [2.45, 2.75) is 90.7 Å². The number of aryl methyl sites for hydroxylation is 1. The highest BCUT2D eigenvalue weighted by molar-refractivity contribution is 7.44. The number of H-pyrrole nitrogens is 1. The highest BCUT2D eigenvalue weighted by atomic mass is 31.2. The first kappa shape index (κ1) is 37.4. The second-order valence-electron chi connectivity index (χ2n) is 13.0. The van der Waals surface area contributed by atoms with E-state index in [0.29, 0.717) is 6.42 Å². The van der Waals surface area contributed by atoms with Gasteiger partial charge in [0.25, 0.3) is 14.1 Å². The minimum atomic E-state index is -1.77. The molecule has 5 rings (SSSR count). The van der Waals surface area contributed by atoms with Crippen LogP contribution in [-0.4, -0.2) is 77.0 Å². The van der Waals surface area contributed by atoms with Crippen LogP contribution < -0.4 is 16.6 Å². The van der Waals surface area contributed by atoms with Gasteiger partial charge in [0.1, 0.15) is 24.9 Å². The number of alkyl carbamates (subject to hydrolysis) is 1. The predicted octanol–water partition coefficient (Wildman–Crippen LogP) is 5.24. The Morgan fingerprint density at radius 1 is 1.12 bits per heavy atom. The van der Waals surface area contributed by atoms with E-state index < -0.39 is 56.5 Å². The van der Waals surface area contributed by atoms with Crippen LogP contribution in [-0.2, 0) is 29.7 Å². The summed E-state index contributed by atoms with van der Waals surface area (Å²) in [6, 6.07) is 15.4. The first-order chi connectivity index (χ1) is 25.5. The molecular weight excluding hydrogens is 685 g/mol. The maximum Gasteiger partial charge on any atom is 0.407 e. The summed E-state index contributed by atoms with van der Waals surface area (Å²) >= 11 is 0. The van der Waals surface area contributed by atoms with E-state index in [1.54, 1.807) is 6.92 Å². The number of aromatic amines is 1. The Balaban J connectivity index is 1.35. The SMILES string of the molecule is [2H]C[C@H]1O[C@@H](n2cc(C)c(=O)[nH]c2=O)C(OCCNC(=O)OC2Cc3ccccc3C#Cc3ccccc32)[C@H]1OP(OCC[N+]#[C-])N(C(C)C)C(C)C. The van der Waals surface area contributed by atoms with Gasteiger partial charge in [-0.25, -0.2) is 20.8 Å². The fourth-order valence-corrected chi connectivity index (χ4v) is 7.94. The average Bonchev–Trinajstić information content (AvgIpc) is 3.46. The molecule has 1 aromatic heterocycles. The molecule has 0 radical (unpaired) electrons. The minimum Gasteiger partial charge on any atom is -0.441 e. The lowest BCUT2D eigenvalue weighted by Crippen LogP contribution is -2.42. The van der Waals surface area contributed by atoms with Gasteiger partial charge in [0.15, 0.2) is 6.23 Å². The van der Waals surface area contributed by atoms with E-state index in [-0.39, 0.29) is 50.9 Å². The highest BCUT2D eigenvalue weighted by Crippen LogP contribution is 2.50. The molecule has 1 amide bonds. The maximum atomic E-state index is 13.2. The van der Waals surface area contributed by atoms with E-state index in [1.807, 2.05) is 76.2 Å². The summed E-state index contributed by atoms with van der Waals surface area (Å²) in [6.45, 7) is 16.9. The minimum absolute atomic E-state index is 0.00555. The molecule has 0 bridgehead atoms. The number of fused-ring (bicyclic) bond motifs is 2. The van der Waals surface area contributed by atoms with Gasteiger partial charge in [-0.2, -0.15) is 0 Å². The fraction of sp³-hybridized carbons (Fsp3) is 0.474. The van der Waals surface area contributed by atoms with Gasteiger partial charge in [0.05, 0.1) is 12.7 Å². The third kappa shape index (κ3) is 9.36. The average molecular weight is 733 g/mol. The summed E-state index contributed by atoms with van der Waals surface area (Å²) < 4.78 is 43.0. The van der Waals surface area contributed by atoms with Crippen molar-refractivity contribution in [1.82, 2.24) is 19.5 Å². The number of carbonyl (C=O) groups excluding carboxylic acids is 1. The molecule has 2 aromatic carbocycles. The Kier molecular flexibility index (Phi) is 12.9. The summed E-state index contributed by atoms with van der Waals surface area (Å²) in [5, 5.41) is 2.78. The number of hydrogen-bond acceptors (Lipinski definition) is 9. The molecule has 1 aliphatic carbocycles. The zero-order valence-corrected chi connectivity index (χ0v) is 30.9. The number of amides is 1. The first-order valence-electron chi connectivity index (χ1n) is 18.0. The summed E-state index contributed by atoms with van der Waals surface area (Å²) in [6.07, 6.45) is -3.19. The van der Waals surface area contributed by atoms with Crippen molar-refractivity contribution >= 4 is 14.6 Å². The quantitative estimate of drug-likeness (QED) is 0.0988. The molecule has 3 aromatic rings. The molecule has 1 aliphatic heterocycles. The van der Waals surface area contributed by atoms with Crippen molar-refractivity contribution in [1.29, 1.82) is 0 Å². The van der Waals surface area contributed by atoms with E-state index >= 15 is 0 Å². The molecule has 14 heteroatoms. The van der Waals surface area contributed by atoms with E-state index in [1.165, 1.54) is 10.8 Å². The van der Waals surface area contributed by atoms with Crippen LogP contribution in [0.3, 0.4) is 0 Å². The Bertz CT molecular complexity index is 1940. The van der Waals surface area contributed by atoms with Gasteiger partial charge in [-0.1, -0.05) is 48.2 Å². The second-order valence-corrected chi connectivity index (χ2v) is 14.4. The van der Waals surface area contributed by atoms with Crippen molar-refractivity contribution in [3.8, 4) is 11.8 Å². The smallest absolute Gasteiger partial charge is 0.407 e. The number of carbonyl (C=O) groups is 1. The highest BCUT2D eigenvalue weighted by Gasteiger charge is 2.48. The molecule has 52 heavy (non-hydrogen) atoms. The molecule has 1 fully saturated rings. The summed E-state index contributed by atoms with van der Waals surface area (Å²) in [5.41, 5.74) is 2.48. The lowest BCUT2D eigenvalue weighted by Gasteiger charge is -2.37. The largest absolute Gasteiger partial charge is 0.441 e. The number of hydrogen-bond donors (Lipinski definition) is 2. The Hall–Kier alpha value is -4.33. The number of ether oxygens (including phenoxy) is 3. The van der Waals surface area contributed by atoms with Crippen LogP contribution >= 0.6 is 8.53 Å². The van der Waals surface area contributed by atoms with Crippen LogP contribution in [0.25, 0.3) is 4.85 Å². The summed E-state index contributed by atoms with van der Waals surface area (Å²) in [5.74, 6) is 6.43. The molecule has 0 saturated carbocycles. The molecule has 0 spiro atoms. The molecule has 2 aliphatic rings. The number of nitrogens with zero attached hydrogens (tertiary/aromatic N) is 3. The van der Waals surface area contributed by atoms with Crippen LogP contribution in [0.2, 0.25) is 0 Å². The van der Waals surface area contributed by atoms with Gasteiger partial charge in [-0.15, -0.1) is 0 Å². The van der Waals surface area contributed by atoms with Gasteiger partial charge in [0.2, 0.25) is 6.54 Å². The second kappa shape index (κ2) is 17.9. The summed E-state index contributed by atoms with van der Waals surface area (Å²) in [4.78, 5) is 44.3. The van der Waals surface area contributed by atoms with E-state index in [9.17, 15) is 14.4 Å². The number of benzene rings is 2. The molecule has 6 atom stereocenters. The van der Waals surface area contributed by atoms with Crippen LogP contribution in [0.15, 0.2) is 64.3 Å². The fourth-order valence-electron chi connectivity index (χ4n) is 6.19. The van der Waals surface area contributed by atoms with Crippen LogP contribution in [0.1, 0.15) is 76.1 Å². The van der Waals surface area contributed by atoms with E-state index in [2.05, 4.69) is 31.7 Å². The van der Waals surface area contributed by atoms with Crippen LogP contribution in [0.4, 0.5) is 4.79 Å². The van der Waals surface area contributed by atoms with Crippen LogP contribution in [0.5, 0.6) is 0 Å². The first-order valence-corrected chi connectivity index (χ1v) is 18.4. The Labute approximate surface area is 306 Å².